The van der Waals surface area contributed by atoms with Gasteiger partial charge in [0, 0.05) is 22.4 Å². The van der Waals surface area contributed by atoms with Crippen LogP contribution in [0.4, 0.5) is 17.5 Å². The molecule has 1 aromatic carbocycles. The summed E-state index contributed by atoms with van der Waals surface area (Å²) in [5.74, 6) is 1.09. The number of halogens is 1. The van der Waals surface area contributed by atoms with Gasteiger partial charge in [-0.1, -0.05) is 21.1 Å². The fourth-order valence-electron chi connectivity index (χ4n) is 2.04. The van der Waals surface area contributed by atoms with Crippen molar-refractivity contribution in [1.82, 2.24) is 15.1 Å². The van der Waals surface area contributed by atoms with E-state index in [1.54, 1.807) is 19.1 Å². The van der Waals surface area contributed by atoms with Gasteiger partial charge in [-0.3, -0.25) is 4.79 Å². The van der Waals surface area contributed by atoms with Gasteiger partial charge in [0.15, 0.2) is 5.82 Å². The Labute approximate surface area is 146 Å². The lowest BCUT2D eigenvalue weighted by molar-refractivity contribution is 0.102. The Kier molecular flexibility index (Phi) is 4.57. The number of hydrogen-bond acceptors (Lipinski definition) is 6. The molecule has 8 heteroatoms. The first-order valence-corrected chi connectivity index (χ1v) is 7.91. The second-order valence-electron chi connectivity index (χ2n) is 5.13. The first-order valence-electron chi connectivity index (χ1n) is 7.12. The average Bonchev–Trinajstić information content (AvgIpc) is 2.95. The van der Waals surface area contributed by atoms with E-state index >= 15 is 0 Å². The van der Waals surface area contributed by atoms with Crippen molar-refractivity contribution in [3.05, 3.63) is 58.0 Å². The van der Waals surface area contributed by atoms with Crippen LogP contribution < -0.4 is 10.6 Å². The van der Waals surface area contributed by atoms with Crippen molar-refractivity contribution < 1.29 is 9.32 Å². The number of nitrogens with one attached hydrogen (secondary N) is 2. The van der Waals surface area contributed by atoms with Crippen LogP contribution in [0.5, 0.6) is 0 Å². The summed E-state index contributed by atoms with van der Waals surface area (Å²) in [6, 6.07) is 8.87. The van der Waals surface area contributed by atoms with E-state index in [0.717, 1.165) is 15.7 Å². The smallest absolute Gasteiger partial charge is 0.274 e. The maximum absolute atomic E-state index is 12.4. The molecule has 0 atom stereocenters. The van der Waals surface area contributed by atoms with Crippen LogP contribution in [0, 0.1) is 13.8 Å². The number of nitrogens with zero attached hydrogens (tertiary/aromatic N) is 3. The Morgan fingerprint density at radius 3 is 2.75 bits per heavy atom. The van der Waals surface area contributed by atoms with Gasteiger partial charge in [0.05, 0.1) is 0 Å². The zero-order valence-corrected chi connectivity index (χ0v) is 14.6. The highest BCUT2D eigenvalue weighted by Gasteiger charge is 2.11. The molecule has 0 aliphatic heterocycles. The minimum Gasteiger partial charge on any atom is -0.360 e. The Morgan fingerprint density at radius 2 is 2.04 bits per heavy atom. The number of aromatic nitrogens is 3. The van der Waals surface area contributed by atoms with Gasteiger partial charge < -0.3 is 15.2 Å². The van der Waals surface area contributed by atoms with Crippen LogP contribution in [0.15, 0.2) is 45.5 Å². The van der Waals surface area contributed by atoms with Crippen LogP contribution in [0.1, 0.15) is 21.8 Å². The van der Waals surface area contributed by atoms with E-state index in [1.807, 2.05) is 25.1 Å². The lowest BCUT2D eigenvalue weighted by Gasteiger charge is -2.09. The number of rotatable bonds is 4. The van der Waals surface area contributed by atoms with Gasteiger partial charge in [0.2, 0.25) is 5.95 Å². The molecule has 2 aromatic heterocycles. The van der Waals surface area contributed by atoms with Gasteiger partial charge in [0.1, 0.15) is 11.5 Å². The second-order valence-corrected chi connectivity index (χ2v) is 6.04. The molecule has 0 radical (unpaired) electrons. The van der Waals surface area contributed by atoms with Gasteiger partial charge >= 0.3 is 0 Å². The van der Waals surface area contributed by atoms with E-state index < -0.39 is 0 Å². The molecule has 7 nitrogen and oxygen atoms in total. The molecule has 0 aliphatic rings. The SMILES string of the molecule is Cc1cc(Nc2nccc(C(=O)Nc3ccc(Br)cc3C)n2)no1. The zero-order chi connectivity index (χ0) is 17.1. The Morgan fingerprint density at radius 1 is 1.21 bits per heavy atom. The maximum atomic E-state index is 12.4. The van der Waals surface area contributed by atoms with Crippen molar-refractivity contribution in [3.63, 3.8) is 0 Å². The summed E-state index contributed by atoms with van der Waals surface area (Å²) in [5.41, 5.74) is 1.92. The summed E-state index contributed by atoms with van der Waals surface area (Å²) in [6.45, 7) is 3.70. The van der Waals surface area contributed by atoms with Crippen molar-refractivity contribution >= 4 is 39.3 Å². The molecule has 0 saturated carbocycles. The van der Waals surface area contributed by atoms with E-state index in [0.29, 0.717) is 11.6 Å². The van der Waals surface area contributed by atoms with Crippen molar-refractivity contribution in [2.45, 2.75) is 13.8 Å². The van der Waals surface area contributed by atoms with Crippen molar-refractivity contribution in [1.29, 1.82) is 0 Å². The topological polar surface area (TPSA) is 92.9 Å². The molecule has 0 bridgehead atoms. The number of carbonyl (C=O) groups is 1. The van der Waals surface area contributed by atoms with Gasteiger partial charge in [-0.05, 0) is 43.7 Å². The summed E-state index contributed by atoms with van der Waals surface area (Å²) in [6.07, 6.45) is 1.51. The highest BCUT2D eigenvalue weighted by atomic mass is 79.9. The number of carbonyl (C=O) groups excluding carboxylic acids is 1. The van der Waals surface area contributed by atoms with Gasteiger partial charge in [0.25, 0.3) is 5.91 Å². The molecule has 0 unspecified atom stereocenters. The summed E-state index contributed by atoms with van der Waals surface area (Å²) in [4.78, 5) is 20.7. The summed E-state index contributed by atoms with van der Waals surface area (Å²) in [7, 11) is 0. The molecule has 3 rings (SSSR count). The highest BCUT2D eigenvalue weighted by Crippen LogP contribution is 2.20. The monoisotopic (exact) mass is 387 g/mol. The van der Waals surface area contributed by atoms with Crippen molar-refractivity contribution in [2.75, 3.05) is 10.6 Å². The first kappa shape index (κ1) is 16.1. The predicted octanol–water partition coefficient (Wildman–Crippen LogP) is 3.84. The minimum atomic E-state index is -0.317. The van der Waals surface area contributed by atoms with E-state index in [-0.39, 0.29) is 17.5 Å². The zero-order valence-electron chi connectivity index (χ0n) is 13.0. The lowest BCUT2D eigenvalue weighted by atomic mass is 10.2. The van der Waals surface area contributed by atoms with Crippen LogP contribution >= 0.6 is 15.9 Å². The molecule has 3 aromatic rings. The molecule has 122 valence electrons. The fourth-order valence-corrected chi connectivity index (χ4v) is 2.51. The minimum absolute atomic E-state index is 0.245. The quantitative estimate of drug-likeness (QED) is 0.706. The van der Waals surface area contributed by atoms with Crippen molar-refractivity contribution in [2.24, 2.45) is 0 Å². The number of hydrogen-bond donors (Lipinski definition) is 2. The third kappa shape index (κ3) is 3.77. The third-order valence-electron chi connectivity index (χ3n) is 3.19. The third-order valence-corrected chi connectivity index (χ3v) is 3.69. The molecule has 2 heterocycles. The van der Waals surface area contributed by atoms with E-state index in [4.69, 9.17) is 4.52 Å². The highest BCUT2D eigenvalue weighted by molar-refractivity contribution is 9.10. The molecule has 0 aliphatic carbocycles. The average molecular weight is 388 g/mol. The van der Waals surface area contributed by atoms with E-state index in [9.17, 15) is 4.79 Å². The molecule has 2 N–H and O–H groups in total. The molecule has 0 spiro atoms. The molecule has 1 amide bonds. The summed E-state index contributed by atoms with van der Waals surface area (Å²) < 4.78 is 5.92. The Balaban J connectivity index is 1.76. The summed E-state index contributed by atoms with van der Waals surface area (Å²) in [5, 5.41) is 9.53. The number of benzene rings is 1. The van der Waals surface area contributed by atoms with Crippen molar-refractivity contribution in [3.8, 4) is 0 Å². The molecular weight excluding hydrogens is 374 g/mol. The predicted molar refractivity (Wildman–Crippen MR) is 93.4 cm³/mol. The maximum Gasteiger partial charge on any atom is 0.274 e. The molecular formula is C16H14BrN5O2. The lowest BCUT2D eigenvalue weighted by Crippen LogP contribution is -2.15. The molecule has 0 saturated heterocycles. The van der Waals surface area contributed by atoms with Crippen LogP contribution in [0.3, 0.4) is 0 Å². The number of amides is 1. The molecule has 24 heavy (non-hydrogen) atoms. The Hall–Kier alpha value is -2.74. The largest absolute Gasteiger partial charge is 0.360 e. The van der Waals surface area contributed by atoms with Crippen LogP contribution in [0.25, 0.3) is 0 Å². The number of aryl methyl sites for hydroxylation is 2. The second kappa shape index (κ2) is 6.79. The van der Waals surface area contributed by atoms with Crippen LogP contribution in [0.2, 0.25) is 0 Å². The van der Waals surface area contributed by atoms with E-state index in [2.05, 4.69) is 41.7 Å². The summed E-state index contributed by atoms with van der Waals surface area (Å²) >= 11 is 3.40. The Bertz CT molecular complexity index is 894. The van der Waals surface area contributed by atoms with E-state index in [1.165, 1.54) is 6.20 Å². The van der Waals surface area contributed by atoms with Gasteiger partial charge in [-0.2, -0.15) is 0 Å². The van der Waals surface area contributed by atoms with Gasteiger partial charge in [-0.25, -0.2) is 9.97 Å². The normalized spacial score (nSPS) is 10.5. The molecule has 0 fully saturated rings. The fraction of sp³-hybridized carbons (Fsp3) is 0.125. The van der Waals surface area contributed by atoms with Crippen LogP contribution in [-0.2, 0) is 0 Å². The first-order chi connectivity index (χ1) is 11.5. The van der Waals surface area contributed by atoms with Gasteiger partial charge in [-0.15, -0.1) is 0 Å². The van der Waals surface area contributed by atoms with Crippen LogP contribution in [-0.4, -0.2) is 21.0 Å². The number of anilines is 3. The standard InChI is InChI=1S/C16H14BrN5O2/c1-9-7-11(17)3-4-12(9)19-15(23)13-5-6-18-16(20-13)21-14-8-10(2)24-22-14/h3-8H,1-2H3,(H,19,23)(H,18,20,21,22).